The van der Waals surface area contributed by atoms with Crippen molar-refractivity contribution in [3.05, 3.63) is 17.5 Å². The Balaban J connectivity index is 1.51. The molecule has 2 atom stereocenters. The molecule has 0 bridgehead atoms. The topological polar surface area (TPSA) is 39.5 Å². The van der Waals surface area contributed by atoms with Gasteiger partial charge in [-0.25, -0.2) is 0 Å². The van der Waals surface area contributed by atoms with Crippen LogP contribution in [0.15, 0.2) is 6.20 Å². The van der Waals surface area contributed by atoms with E-state index in [1.807, 2.05) is 17.9 Å². The summed E-state index contributed by atoms with van der Waals surface area (Å²) in [4.78, 5) is 2.53. The summed E-state index contributed by atoms with van der Waals surface area (Å²) in [6, 6.07) is 0.509. The van der Waals surface area contributed by atoms with Gasteiger partial charge in [-0.1, -0.05) is 0 Å². The van der Waals surface area contributed by atoms with Crippen LogP contribution in [0.3, 0.4) is 0 Å². The van der Waals surface area contributed by atoms with Crippen LogP contribution >= 0.6 is 0 Å². The summed E-state index contributed by atoms with van der Waals surface area (Å²) in [5.74, 6) is 0. The number of ether oxygens (including phenoxy) is 2. The van der Waals surface area contributed by atoms with Gasteiger partial charge in [0.05, 0.1) is 12.8 Å². The van der Waals surface area contributed by atoms with E-state index < -0.39 is 0 Å². The van der Waals surface area contributed by atoms with Gasteiger partial charge < -0.3 is 9.47 Å². The molecule has 0 aromatic carbocycles. The Labute approximate surface area is 127 Å². The molecule has 0 spiro atoms. The van der Waals surface area contributed by atoms with E-state index in [0.717, 1.165) is 32.7 Å². The first kappa shape index (κ1) is 15.0. The van der Waals surface area contributed by atoms with Crippen molar-refractivity contribution in [3.8, 4) is 0 Å². The van der Waals surface area contributed by atoms with Crippen LogP contribution in [0.1, 0.15) is 49.4 Å². The van der Waals surface area contributed by atoms with E-state index >= 15 is 0 Å². The smallest absolute Gasteiger partial charge is 0.157 e. The number of nitrogens with zero attached hydrogens (tertiary/aromatic N) is 3. The second-order valence-electron chi connectivity index (χ2n) is 6.17. The summed E-state index contributed by atoms with van der Waals surface area (Å²) in [6.07, 6.45) is 8.00. The van der Waals surface area contributed by atoms with E-state index in [4.69, 9.17) is 9.47 Å². The van der Waals surface area contributed by atoms with Gasteiger partial charge in [0.2, 0.25) is 0 Å². The second kappa shape index (κ2) is 6.90. The van der Waals surface area contributed by atoms with Crippen molar-refractivity contribution in [2.24, 2.45) is 7.05 Å². The van der Waals surface area contributed by atoms with Gasteiger partial charge in [0, 0.05) is 37.5 Å². The van der Waals surface area contributed by atoms with Crippen LogP contribution in [-0.2, 0) is 16.5 Å². The molecule has 0 N–H and O–H groups in total. The maximum Gasteiger partial charge on any atom is 0.157 e. The maximum atomic E-state index is 5.88. The van der Waals surface area contributed by atoms with Crippen molar-refractivity contribution in [1.82, 2.24) is 14.7 Å². The van der Waals surface area contributed by atoms with Gasteiger partial charge in [-0.2, -0.15) is 5.10 Å². The molecule has 1 aromatic heterocycles. The molecule has 2 fully saturated rings. The van der Waals surface area contributed by atoms with Gasteiger partial charge in [-0.3, -0.25) is 9.58 Å². The van der Waals surface area contributed by atoms with Crippen LogP contribution in [0, 0.1) is 6.92 Å². The molecule has 1 aromatic rings. The highest BCUT2D eigenvalue weighted by atomic mass is 16.7. The van der Waals surface area contributed by atoms with Gasteiger partial charge in [-0.15, -0.1) is 0 Å². The van der Waals surface area contributed by atoms with Gasteiger partial charge in [0.15, 0.2) is 6.29 Å². The summed E-state index contributed by atoms with van der Waals surface area (Å²) >= 11 is 0. The first-order chi connectivity index (χ1) is 10.3. The van der Waals surface area contributed by atoms with Gasteiger partial charge in [-0.05, 0) is 45.6 Å². The number of aryl methyl sites for hydroxylation is 1. The predicted molar refractivity (Wildman–Crippen MR) is 81.0 cm³/mol. The standard InChI is InChI=1S/C16H27N3O2/c1-13-14(12-17-18(13)2)15-6-5-8-19(15)9-11-21-16-7-3-4-10-20-16/h12,15-16H,3-11H2,1-2H3/t15-,16-/m0/s1. The fourth-order valence-corrected chi connectivity index (χ4v) is 3.43. The summed E-state index contributed by atoms with van der Waals surface area (Å²) in [6.45, 7) is 5.92. The lowest BCUT2D eigenvalue weighted by atomic mass is 10.1. The fourth-order valence-electron chi connectivity index (χ4n) is 3.43. The number of likely N-dealkylation sites (tertiary alicyclic amines) is 1. The molecule has 0 aliphatic carbocycles. The molecule has 5 heteroatoms. The molecule has 3 rings (SSSR count). The third kappa shape index (κ3) is 3.47. The second-order valence-corrected chi connectivity index (χ2v) is 6.17. The molecular weight excluding hydrogens is 266 g/mol. The zero-order chi connectivity index (χ0) is 14.7. The van der Waals surface area contributed by atoms with Crippen molar-refractivity contribution in [1.29, 1.82) is 0 Å². The Morgan fingerprint density at radius 1 is 1.33 bits per heavy atom. The molecule has 0 radical (unpaired) electrons. The fraction of sp³-hybridized carbons (Fsp3) is 0.812. The van der Waals surface area contributed by atoms with Crippen molar-refractivity contribution < 1.29 is 9.47 Å². The van der Waals surface area contributed by atoms with Crippen LogP contribution < -0.4 is 0 Å². The minimum absolute atomic E-state index is 0.0277. The zero-order valence-electron chi connectivity index (χ0n) is 13.3. The molecule has 5 nitrogen and oxygen atoms in total. The molecule has 118 valence electrons. The molecule has 0 unspecified atom stereocenters. The summed E-state index contributed by atoms with van der Waals surface area (Å²) in [5.41, 5.74) is 2.66. The first-order valence-electron chi connectivity index (χ1n) is 8.21. The lowest BCUT2D eigenvalue weighted by Gasteiger charge is -2.27. The molecular formula is C16H27N3O2. The Morgan fingerprint density at radius 3 is 2.95 bits per heavy atom. The first-order valence-corrected chi connectivity index (χ1v) is 8.21. The van der Waals surface area contributed by atoms with Crippen molar-refractivity contribution in [2.45, 2.75) is 51.4 Å². The highest BCUT2D eigenvalue weighted by Crippen LogP contribution is 2.33. The lowest BCUT2D eigenvalue weighted by Crippen LogP contribution is -2.30. The number of hydrogen-bond acceptors (Lipinski definition) is 4. The third-order valence-electron chi connectivity index (χ3n) is 4.82. The van der Waals surface area contributed by atoms with Gasteiger partial charge >= 0.3 is 0 Å². The van der Waals surface area contributed by atoms with Crippen molar-refractivity contribution in [3.63, 3.8) is 0 Å². The summed E-state index contributed by atoms with van der Waals surface area (Å²) in [7, 11) is 2.02. The highest BCUT2D eigenvalue weighted by molar-refractivity contribution is 5.21. The predicted octanol–water partition coefficient (Wildman–Crippen LogP) is 2.41. The monoisotopic (exact) mass is 293 g/mol. The number of hydrogen-bond donors (Lipinski definition) is 0. The van der Waals surface area contributed by atoms with Crippen LogP contribution in [0.25, 0.3) is 0 Å². The minimum atomic E-state index is 0.0277. The van der Waals surface area contributed by atoms with Gasteiger partial charge in [0.1, 0.15) is 0 Å². The largest absolute Gasteiger partial charge is 0.353 e. The maximum absolute atomic E-state index is 5.88. The highest BCUT2D eigenvalue weighted by Gasteiger charge is 2.28. The molecule has 21 heavy (non-hydrogen) atoms. The SMILES string of the molecule is Cc1c([C@@H]2CCCN2CCO[C@H]2CCCCO2)cnn1C. The molecule has 2 aliphatic rings. The third-order valence-corrected chi connectivity index (χ3v) is 4.82. The summed E-state index contributed by atoms with van der Waals surface area (Å²) in [5, 5.41) is 4.39. The van der Waals surface area contributed by atoms with E-state index in [1.165, 1.54) is 36.9 Å². The Kier molecular flexibility index (Phi) is 4.93. The van der Waals surface area contributed by atoms with Crippen molar-refractivity contribution >= 4 is 0 Å². The van der Waals surface area contributed by atoms with Crippen LogP contribution in [0.4, 0.5) is 0 Å². The van der Waals surface area contributed by atoms with Crippen LogP contribution in [0.2, 0.25) is 0 Å². The molecule has 2 saturated heterocycles. The molecule has 0 amide bonds. The van der Waals surface area contributed by atoms with E-state index in [2.05, 4.69) is 16.9 Å². The van der Waals surface area contributed by atoms with Crippen molar-refractivity contribution in [2.75, 3.05) is 26.3 Å². The Bertz CT molecular complexity index is 454. The Morgan fingerprint density at radius 2 is 2.24 bits per heavy atom. The van der Waals surface area contributed by atoms with Crippen LogP contribution in [-0.4, -0.2) is 47.3 Å². The van der Waals surface area contributed by atoms with Gasteiger partial charge in [0.25, 0.3) is 0 Å². The lowest BCUT2D eigenvalue weighted by molar-refractivity contribution is -0.164. The normalized spacial score (nSPS) is 27.3. The Hall–Kier alpha value is -0.910. The number of rotatable bonds is 5. The zero-order valence-corrected chi connectivity index (χ0v) is 13.3. The summed E-state index contributed by atoms with van der Waals surface area (Å²) < 4.78 is 13.5. The molecule has 2 aliphatic heterocycles. The average molecular weight is 293 g/mol. The van der Waals surface area contributed by atoms with Crippen LogP contribution in [0.5, 0.6) is 0 Å². The van der Waals surface area contributed by atoms with E-state index in [0.29, 0.717) is 6.04 Å². The average Bonchev–Trinajstić information content (AvgIpc) is 3.08. The number of aromatic nitrogens is 2. The molecule has 3 heterocycles. The van der Waals surface area contributed by atoms with E-state index in [1.54, 1.807) is 0 Å². The molecule has 0 saturated carbocycles. The van der Waals surface area contributed by atoms with E-state index in [-0.39, 0.29) is 6.29 Å². The quantitative estimate of drug-likeness (QED) is 0.836. The van der Waals surface area contributed by atoms with E-state index in [9.17, 15) is 0 Å². The minimum Gasteiger partial charge on any atom is -0.353 e.